The summed E-state index contributed by atoms with van der Waals surface area (Å²) < 4.78 is 25.5. The number of likely N-dealkylation sites (tertiary alicyclic amines) is 1. The summed E-state index contributed by atoms with van der Waals surface area (Å²) in [6.07, 6.45) is 6.78. The number of piperidine rings is 1. The number of oxazole rings is 1. The van der Waals surface area contributed by atoms with E-state index < -0.39 is 0 Å². The Morgan fingerprint density at radius 1 is 1.26 bits per heavy atom. The van der Waals surface area contributed by atoms with Gasteiger partial charge in [0.2, 0.25) is 5.89 Å². The molecular formula is C22H29FN2O2. The van der Waals surface area contributed by atoms with Crippen molar-refractivity contribution in [3.05, 3.63) is 53.5 Å². The standard InChI is InChI=1S/C22H29FN2O2/c1-22(9-4-10-25(16-22)15-17-7-11-26-12-8-17)21-24-14-19(27-21)13-18-5-2-3-6-20(18)23/h2-3,5-6,14,17H,4,7-13,15-16H2,1H3. The third-order valence-corrected chi connectivity index (χ3v) is 6.03. The summed E-state index contributed by atoms with van der Waals surface area (Å²) in [6.45, 7) is 7.31. The summed E-state index contributed by atoms with van der Waals surface area (Å²) in [4.78, 5) is 7.15. The lowest BCUT2D eigenvalue weighted by molar-refractivity contribution is 0.0409. The van der Waals surface area contributed by atoms with Crippen LogP contribution >= 0.6 is 0 Å². The van der Waals surface area contributed by atoms with Crippen molar-refractivity contribution in [1.82, 2.24) is 9.88 Å². The molecule has 3 heterocycles. The largest absolute Gasteiger partial charge is 0.445 e. The van der Waals surface area contributed by atoms with Gasteiger partial charge >= 0.3 is 0 Å². The van der Waals surface area contributed by atoms with Crippen LogP contribution in [0.4, 0.5) is 4.39 Å². The number of halogens is 1. The number of nitrogens with zero attached hydrogens (tertiary/aromatic N) is 2. The van der Waals surface area contributed by atoms with Gasteiger partial charge in [-0.1, -0.05) is 18.2 Å². The van der Waals surface area contributed by atoms with Crippen LogP contribution in [0.25, 0.3) is 0 Å². The predicted octanol–water partition coefficient (Wildman–Crippen LogP) is 4.18. The van der Waals surface area contributed by atoms with Gasteiger partial charge in [0.15, 0.2) is 0 Å². The topological polar surface area (TPSA) is 38.5 Å². The minimum Gasteiger partial charge on any atom is -0.445 e. The van der Waals surface area contributed by atoms with Crippen LogP contribution in [-0.4, -0.2) is 42.7 Å². The molecule has 4 nitrogen and oxygen atoms in total. The van der Waals surface area contributed by atoms with Crippen LogP contribution in [0.15, 0.2) is 34.9 Å². The normalized spacial score (nSPS) is 25.0. The summed E-state index contributed by atoms with van der Waals surface area (Å²) in [5.41, 5.74) is 0.576. The number of rotatable bonds is 5. The SMILES string of the molecule is CC1(c2ncc(Cc3ccccc3F)o2)CCCN(CC2CCOCC2)C1. The van der Waals surface area contributed by atoms with Crippen LogP contribution in [-0.2, 0) is 16.6 Å². The molecule has 2 fully saturated rings. The second kappa shape index (κ2) is 8.11. The van der Waals surface area contributed by atoms with Gasteiger partial charge in [0, 0.05) is 32.7 Å². The number of hydrogen-bond acceptors (Lipinski definition) is 4. The van der Waals surface area contributed by atoms with E-state index in [2.05, 4.69) is 16.8 Å². The lowest BCUT2D eigenvalue weighted by Crippen LogP contribution is -2.46. The van der Waals surface area contributed by atoms with Gasteiger partial charge in [-0.15, -0.1) is 0 Å². The number of hydrogen-bond donors (Lipinski definition) is 0. The van der Waals surface area contributed by atoms with Crippen molar-refractivity contribution in [2.24, 2.45) is 5.92 Å². The van der Waals surface area contributed by atoms with Gasteiger partial charge in [0.1, 0.15) is 11.6 Å². The Morgan fingerprint density at radius 3 is 2.89 bits per heavy atom. The van der Waals surface area contributed by atoms with E-state index in [0.717, 1.165) is 63.3 Å². The molecular weight excluding hydrogens is 343 g/mol. The Balaban J connectivity index is 1.42. The molecule has 0 N–H and O–H groups in total. The van der Waals surface area contributed by atoms with Gasteiger partial charge in [-0.05, 0) is 56.7 Å². The molecule has 5 heteroatoms. The molecule has 2 saturated heterocycles. The van der Waals surface area contributed by atoms with Gasteiger partial charge in [0.25, 0.3) is 0 Å². The lowest BCUT2D eigenvalue weighted by atomic mass is 9.81. The number of benzene rings is 1. The van der Waals surface area contributed by atoms with Crippen molar-refractivity contribution in [2.75, 3.05) is 32.8 Å². The molecule has 146 valence electrons. The molecule has 1 aromatic carbocycles. The van der Waals surface area contributed by atoms with Crippen LogP contribution in [0, 0.1) is 11.7 Å². The van der Waals surface area contributed by atoms with E-state index in [1.165, 1.54) is 18.9 Å². The maximum atomic E-state index is 13.9. The van der Waals surface area contributed by atoms with Crippen molar-refractivity contribution >= 4 is 0 Å². The van der Waals surface area contributed by atoms with Gasteiger partial charge in [-0.25, -0.2) is 9.37 Å². The predicted molar refractivity (Wildman–Crippen MR) is 102 cm³/mol. The first-order valence-electron chi connectivity index (χ1n) is 10.1. The van der Waals surface area contributed by atoms with E-state index in [1.54, 1.807) is 18.3 Å². The molecule has 0 amide bonds. The van der Waals surface area contributed by atoms with Crippen molar-refractivity contribution < 1.29 is 13.5 Å². The zero-order chi connectivity index (χ0) is 18.7. The second-order valence-electron chi connectivity index (χ2n) is 8.35. The van der Waals surface area contributed by atoms with E-state index in [-0.39, 0.29) is 11.2 Å². The molecule has 0 bridgehead atoms. The Morgan fingerprint density at radius 2 is 2.07 bits per heavy atom. The summed E-state index contributed by atoms with van der Waals surface area (Å²) in [5.74, 6) is 2.08. The van der Waals surface area contributed by atoms with E-state index >= 15 is 0 Å². The van der Waals surface area contributed by atoms with Crippen molar-refractivity contribution in [2.45, 2.75) is 44.4 Å². The molecule has 0 radical (unpaired) electrons. The quantitative estimate of drug-likeness (QED) is 0.789. The maximum Gasteiger partial charge on any atom is 0.201 e. The molecule has 0 saturated carbocycles. The molecule has 1 atom stereocenters. The lowest BCUT2D eigenvalue weighted by Gasteiger charge is -2.40. The maximum absolute atomic E-state index is 13.9. The fraction of sp³-hybridized carbons (Fsp3) is 0.591. The third-order valence-electron chi connectivity index (χ3n) is 6.03. The fourth-order valence-corrected chi connectivity index (χ4v) is 4.47. The van der Waals surface area contributed by atoms with Crippen molar-refractivity contribution in [1.29, 1.82) is 0 Å². The highest BCUT2D eigenvalue weighted by atomic mass is 19.1. The van der Waals surface area contributed by atoms with E-state index in [4.69, 9.17) is 9.15 Å². The Hall–Kier alpha value is -1.72. The molecule has 4 rings (SSSR count). The summed E-state index contributed by atoms with van der Waals surface area (Å²) in [5, 5.41) is 0. The van der Waals surface area contributed by atoms with Gasteiger partial charge in [0.05, 0.1) is 11.6 Å². The minimum absolute atomic E-state index is 0.0725. The first-order chi connectivity index (χ1) is 13.1. The van der Waals surface area contributed by atoms with Crippen LogP contribution in [0.2, 0.25) is 0 Å². The fourth-order valence-electron chi connectivity index (χ4n) is 4.47. The highest BCUT2D eigenvalue weighted by molar-refractivity contribution is 5.22. The Kier molecular flexibility index (Phi) is 5.60. The van der Waals surface area contributed by atoms with Crippen LogP contribution in [0.5, 0.6) is 0 Å². The minimum atomic E-state index is -0.193. The second-order valence-corrected chi connectivity index (χ2v) is 8.35. The molecule has 0 aliphatic carbocycles. The molecule has 1 unspecified atom stereocenters. The third kappa shape index (κ3) is 4.41. The highest BCUT2D eigenvalue weighted by Gasteiger charge is 2.37. The monoisotopic (exact) mass is 372 g/mol. The van der Waals surface area contributed by atoms with Crippen LogP contribution < -0.4 is 0 Å². The van der Waals surface area contributed by atoms with Crippen LogP contribution in [0.1, 0.15) is 49.8 Å². The number of ether oxygens (including phenoxy) is 1. The highest BCUT2D eigenvalue weighted by Crippen LogP contribution is 2.34. The zero-order valence-electron chi connectivity index (χ0n) is 16.1. The average Bonchev–Trinajstić information content (AvgIpc) is 3.14. The Labute approximate surface area is 160 Å². The molecule has 2 aliphatic rings. The van der Waals surface area contributed by atoms with Gasteiger partial charge in [-0.3, -0.25) is 0 Å². The van der Waals surface area contributed by atoms with E-state index in [1.807, 2.05) is 6.07 Å². The summed E-state index contributed by atoms with van der Waals surface area (Å²) >= 11 is 0. The smallest absolute Gasteiger partial charge is 0.201 e. The first-order valence-corrected chi connectivity index (χ1v) is 10.1. The van der Waals surface area contributed by atoms with Crippen molar-refractivity contribution in [3.63, 3.8) is 0 Å². The zero-order valence-corrected chi connectivity index (χ0v) is 16.1. The van der Waals surface area contributed by atoms with Crippen LogP contribution in [0.3, 0.4) is 0 Å². The van der Waals surface area contributed by atoms with Gasteiger partial charge in [-0.2, -0.15) is 0 Å². The Bertz CT molecular complexity index is 756. The molecule has 2 aliphatic heterocycles. The summed E-state index contributed by atoms with van der Waals surface area (Å²) in [7, 11) is 0. The molecule has 27 heavy (non-hydrogen) atoms. The average molecular weight is 372 g/mol. The van der Waals surface area contributed by atoms with E-state index in [0.29, 0.717) is 12.0 Å². The molecule has 2 aromatic rings. The molecule has 0 spiro atoms. The van der Waals surface area contributed by atoms with Crippen molar-refractivity contribution in [3.8, 4) is 0 Å². The summed E-state index contributed by atoms with van der Waals surface area (Å²) in [6, 6.07) is 6.85. The first kappa shape index (κ1) is 18.6. The van der Waals surface area contributed by atoms with E-state index in [9.17, 15) is 4.39 Å². The molecule has 1 aromatic heterocycles. The van der Waals surface area contributed by atoms with Gasteiger partial charge < -0.3 is 14.1 Å². The number of aromatic nitrogens is 1.